The van der Waals surface area contributed by atoms with Gasteiger partial charge in [-0.3, -0.25) is 0 Å². The second-order valence-corrected chi connectivity index (χ2v) is 4.76. The number of benzene rings is 2. The third-order valence-corrected chi connectivity index (χ3v) is 2.99. The third kappa shape index (κ3) is 4.49. The van der Waals surface area contributed by atoms with Crippen molar-refractivity contribution in [2.75, 3.05) is 5.32 Å². The number of anilines is 1. The van der Waals surface area contributed by atoms with Crippen LogP contribution in [0.2, 0.25) is 0 Å². The van der Waals surface area contributed by atoms with Crippen LogP contribution in [0.5, 0.6) is 0 Å². The molecule has 0 aliphatic carbocycles. The Kier molecular flexibility index (Phi) is 5.15. The van der Waals surface area contributed by atoms with Crippen LogP contribution in [-0.4, -0.2) is 5.17 Å². The van der Waals surface area contributed by atoms with Gasteiger partial charge in [-0.05, 0) is 42.4 Å². The van der Waals surface area contributed by atoms with Crippen LogP contribution in [-0.2, 0) is 11.3 Å². The lowest BCUT2D eigenvalue weighted by Crippen LogP contribution is -2.13. The average molecular weight is 298 g/mol. The van der Waals surface area contributed by atoms with E-state index in [9.17, 15) is 0 Å². The molecule has 0 heterocycles. The summed E-state index contributed by atoms with van der Waals surface area (Å²) in [7, 11) is 0. The number of aryl methyl sites for hydroxylation is 1. The molecular weight excluding hydrogens is 284 g/mol. The molecule has 2 aromatic rings. The summed E-state index contributed by atoms with van der Waals surface area (Å²) in [5.74, 6) is 0. The smallest absolute Gasteiger partial charge is 0.261 e. The number of rotatable bonds is 4. The van der Waals surface area contributed by atoms with Crippen molar-refractivity contribution in [1.29, 1.82) is 0 Å². The number of hydrogen-bond donors (Lipinski definition) is 1. The van der Waals surface area contributed by atoms with E-state index in [1.54, 1.807) is 6.07 Å². The van der Waals surface area contributed by atoms with Crippen LogP contribution in [0, 0.1) is 6.92 Å². The first-order valence-corrected chi connectivity index (χ1v) is 6.73. The van der Waals surface area contributed by atoms with Gasteiger partial charge in [-0.25, -0.2) is 0 Å². The highest BCUT2D eigenvalue weighted by atomic mass is 32.1. The Morgan fingerprint density at radius 1 is 1.29 bits per heavy atom. The quantitative estimate of drug-likeness (QED) is 0.379. The monoisotopic (exact) mass is 298 g/mol. The van der Waals surface area contributed by atoms with Gasteiger partial charge in [-0.15, -0.1) is 0 Å². The van der Waals surface area contributed by atoms with Gasteiger partial charge >= 0.3 is 0 Å². The van der Waals surface area contributed by atoms with Gasteiger partial charge in [0.2, 0.25) is 0 Å². The largest absolute Gasteiger partial charge is 0.466 e. The molecule has 21 heavy (non-hydrogen) atoms. The van der Waals surface area contributed by atoms with Crippen LogP contribution in [0.4, 0.5) is 11.4 Å². The first-order valence-electron chi connectivity index (χ1n) is 6.32. The Morgan fingerprint density at radius 2 is 2.05 bits per heavy atom. The average Bonchev–Trinajstić information content (AvgIpc) is 2.49. The van der Waals surface area contributed by atoms with Crippen LogP contribution in [0.3, 0.4) is 0 Å². The summed E-state index contributed by atoms with van der Waals surface area (Å²) in [4.78, 5) is 2.81. The van der Waals surface area contributed by atoms with Crippen LogP contribution >= 0.6 is 12.2 Å². The van der Waals surface area contributed by atoms with Crippen LogP contribution in [0.15, 0.2) is 53.6 Å². The van der Waals surface area contributed by atoms with Crippen LogP contribution < -0.4 is 5.32 Å². The lowest BCUT2D eigenvalue weighted by Gasteiger charge is -2.11. The third-order valence-electron chi connectivity index (χ3n) is 2.77. The molecule has 0 bridgehead atoms. The molecule has 0 amide bonds. The van der Waals surface area contributed by atoms with E-state index in [1.807, 2.05) is 49.4 Å². The molecule has 0 fully saturated rings. The molecule has 0 aliphatic rings. The van der Waals surface area contributed by atoms with E-state index in [-0.39, 0.29) is 11.8 Å². The van der Waals surface area contributed by atoms with Crippen molar-refractivity contribution < 1.29 is 4.74 Å². The lowest BCUT2D eigenvalue weighted by molar-refractivity contribution is 0.300. The Balaban J connectivity index is 2.01. The SMILES string of the molecule is Cc1ccc(N=[N+]=[N-])c(COC(=S)Nc2ccccc2)c1. The molecule has 0 spiro atoms. The summed E-state index contributed by atoms with van der Waals surface area (Å²) in [6, 6.07) is 15.1. The van der Waals surface area contributed by atoms with Crippen LogP contribution in [0.25, 0.3) is 10.4 Å². The molecular formula is C15H14N4OS. The Hall–Kier alpha value is -2.56. The first kappa shape index (κ1) is 14.8. The van der Waals surface area contributed by atoms with Crippen molar-refractivity contribution in [2.45, 2.75) is 13.5 Å². The van der Waals surface area contributed by atoms with E-state index in [0.29, 0.717) is 5.69 Å². The highest BCUT2D eigenvalue weighted by Crippen LogP contribution is 2.22. The molecule has 2 rings (SSSR count). The molecule has 0 aromatic heterocycles. The number of nitrogens with one attached hydrogen (secondary N) is 1. The molecule has 0 radical (unpaired) electrons. The maximum Gasteiger partial charge on any atom is 0.261 e. The van der Waals surface area contributed by atoms with Crippen molar-refractivity contribution in [2.24, 2.45) is 5.11 Å². The number of thiocarbonyl (C=S) groups is 1. The van der Waals surface area contributed by atoms with Gasteiger partial charge in [-0.1, -0.05) is 47.1 Å². The van der Waals surface area contributed by atoms with Gasteiger partial charge in [-0.2, -0.15) is 0 Å². The fourth-order valence-electron chi connectivity index (χ4n) is 1.79. The minimum absolute atomic E-state index is 0.245. The highest BCUT2D eigenvalue weighted by molar-refractivity contribution is 7.80. The molecule has 106 valence electrons. The summed E-state index contributed by atoms with van der Waals surface area (Å²) < 4.78 is 5.51. The molecule has 0 saturated carbocycles. The number of hydrogen-bond acceptors (Lipinski definition) is 3. The summed E-state index contributed by atoms with van der Waals surface area (Å²) >= 11 is 5.14. The lowest BCUT2D eigenvalue weighted by atomic mass is 10.1. The van der Waals surface area contributed by atoms with Crippen molar-refractivity contribution in [3.8, 4) is 0 Å². The molecule has 6 heteroatoms. The topological polar surface area (TPSA) is 70.0 Å². The Bertz CT molecular complexity index is 681. The Morgan fingerprint density at radius 3 is 2.76 bits per heavy atom. The first-order chi connectivity index (χ1) is 10.2. The molecule has 1 N–H and O–H groups in total. The molecule has 0 aliphatic heterocycles. The summed E-state index contributed by atoms with van der Waals surface area (Å²) in [5, 5.41) is 6.90. The van der Waals surface area contributed by atoms with Gasteiger partial charge in [0, 0.05) is 16.3 Å². The molecule has 0 atom stereocenters. The zero-order chi connectivity index (χ0) is 15.1. The maximum absolute atomic E-state index is 8.57. The van der Waals surface area contributed by atoms with Crippen LogP contribution in [0.1, 0.15) is 11.1 Å². The summed E-state index contributed by atoms with van der Waals surface area (Å²) in [6.45, 7) is 2.21. The summed E-state index contributed by atoms with van der Waals surface area (Å²) in [5.41, 5.74) is 11.8. The summed E-state index contributed by atoms with van der Waals surface area (Å²) in [6.07, 6.45) is 0. The minimum atomic E-state index is 0.245. The fourth-order valence-corrected chi connectivity index (χ4v) is 1.97. The predicted molar refractivity (Wildman–Crippen MR) is 87.4 cm³/mol. The molecule has 0 saturated heterocycles. The van der Waals surface area contributed by atoms with Crippen molar-refractivity contribution in [1.82, 2.24) is 0 Å². The highest BCUT2D eigenvalue weighted by Gasteiger charge is 2.04. The van der Waals surface area contributed by atoms with Gasteiger partial charge in [0.05, 0.1) is 0 Å². The predicted octanol–water partition coefficient (Wildman–Crippen LogP) is 4.85. The van der Waals surface area contributed by atoms with E-state index in [0.717, 1.165) is 16.8 Å². The van der Waals surface area contributed by atoms with Crippen molar-refractivity contribution in [3.05, 3.63) is 70.1 Å². The molecule has 5 nitrogen and oxygen atoms in total. The van der Waals surface area contributed by atoms with E-state index in [1.165, 1.54) is 0 Å². The minimum Gasteiger partial charge on any atom is -0.466 e. The Labute approximate surface area is 128 Å². The molecule has 0 unspecified atom stereocenters. The van der Waals surface area contributed by atoms with Gasteiger partial charge in [0.15, 0.2) is 0 Å². The van der Waals surface area contributed by atoms with Crippen molar-refractivity contribution in [3.63, 3.8) is 0 Å². The number of nitrogens with zero attached hydrogens (tertiary/aromatic N) is 3. The zero-order valence-corrected chi connectivity index (χ0v) is 12.3. The number of ether oxygens (including phenoxy) is 1. The second-order valence-electron chi connectivity index (χ2n) is 4.39. The number of azide groups is 1. The van der Waals surface area contributed by atoms with E-state index in [2.05, 4.69) is 15.3 Å². The maximum atomic E-state index is 8.57. The van der Waals surface area contributed by atoms with E-state index >= 15 is 0 Å². The normalized spacial score (nSPS) is 9.57. The molecule has 2 aromatic carbocycles. The van der Waals surface area contributed by atoms with Gasteiger partial charge < -0.3 is 10.1 Å². The van der Waals surface area contributed by atoms with Crippen molar-refractivity contribution >= 4 is 28.8 Å². The van der Waals surface area contributed by atoms with E-state index < -0.39 is 0 Å². The zero-order valence-electron chi connectivity index (χ0n) is 11.5. The van der Waals surface area contributed by atoms with Gasteiger partial charge in [0.25, 0.3) is 5.17 Å². The van der Waals surface area contributed by atoms with Gasteiger partial charge in [0.1, 0.15) is 6.61 Å². The number of para-hydroxylation sites is 1. The van der Waals surface area contributed by atoms with E-state index in [4.69, 9.17) is 22.5 Å². The second kappa shape index (κ2) is 7.28. The standard InChI is InChI=1S/C15H14N4OS/c1-11-7-8-14(18-19-16)12(9-11)10-20-15(21)17-13-5-3-2-4-6-13/h2-9H,10H2,1H3,(H,17,21). The fraction of sp³-hybridized carbons (Fsp3) is 0.133.